The van der Waals surface area contributed by atoms with Gasteiger partial charge in [-0.05, 0) is 23.8 Å². The van der Waals surface area contributed by atoms with Gasteiger partial charge in [-0.25, -0.2) is 0 Å². The van der Waals surface area contributed by atoms with Gasteiger partial charge in [-0.1, -0.05) is 18.2 Å². The molecule has 94 valence electrons. The summed E-state index contributed by atoms with van der Waals surface area (Å²) in [5.41, 5.74) is 0.120. The van der Waals surface area contributed by atoms with Crippen molar-refractivity contribution < 1.29 is 13.2 Å². The van der Waals surface area contributed by atoms with Crippen molar-refractivity contribution in [2.75, 3.05) is 11.5 Å². The molecule has 1 N–H and O–H groups in total. The topological polar surface area (TPSA) is 12.0 Å². The van der Waals surface area contributed by atoms with E-state index >= 15 is 0 Å². The molecule has 1 aliphatic rings. The molecule has 1 atom stereocenters. The first-order valence-electron chi connectivity index (χ1n) is 5.53. The van der Waals surface area contributed by atoms with E-state index < -0.39 is 11.7 Å². The first-order valence-corrected chi connectivity index (χ1v) is 6.68. The fourth-order valence-electron chi connectivity index (χ4n) is 1.82. The fraction of sp³-hybridized carbons (Fsp3) is 0.500. The lowest BCUT2D eigenvalue weighted by Crippen LogP contribution is -2.28. The second kappa shape index (κ2) is 5.31. The molecule has 0 radical (unpaired) electrons. The van der Waals surface area contributed by atoms with E-state index in [2.05, 4.69) is 5.32 Å². The third kappa shape index (κ3) is 3.64. The number of hydrogen-bond donors (Lipinski definition) is 1. The SMILES string of the molecule is FC(F)(F)c1cccc(CNC2CCSC2)c1. The Morgan fingerprint density at radius 1 is 1.35 bits per heavy atom. The Morgan fingerprint density at radius 2 is 2.18 bits per heavy atom. The maximum absolute atomic E-state index is 12.5. The van der Waals surface area contributed by atoms with E-state index in [1.807, 2.05) is 11.8 Å². The van der Waals surface area contributed by atoms with Crippen LogP contribution in [-0.2, 0) is 12.7 Å². The predicted octanol–water partition coefficient (Wildman–Crippen LogP) is 3.30. The van der Waals surface area contributed by atoms with Gasteiger partial charge in [-0.15, -0.1) is 0 Å². The van der Waals surface area contributed by atoms with E-state index in [-0.39, 0.29) is 0 Å². The molecule has 1 aliphatic heterocycles. The monoisotopic (exact) mass is 261 g/mol. The van der Waals surface area contributed by atoms with Crippen LogP contribution in [0.1, 0.15) is 17.5 Å². The van der Waals surface area contributed by atoms with E-state index in [0.717, 1.165) is 24.0 Å². The van der Waals surface area contributed by atoms with Crippen molar-refractivity contribution in [2.45, 2.75) is 25.2 Å². The largest absolute Gasteiger partial charge is 0.416 e. The minimum atomic E-state index is -4.25. The highest BCUT2D eigenvalue weighted by Crippen LogP contribution is 2.29. The lowest BCUT2D eigenvalue weighted by Gasteiger charge is -2.12. The Hall–Kier alpha value is -0.680. The maximum Gasteiger partial charge on any atom is 0.416 e. The number of alkyl halides is 3. The van der Waals surface area contributed by atoms with Crippen LogP contribution in [-0.4, -0.2) is 17.5 Å². The molecule has 0 spiro atoms. The number of benzene rings is 1. The zero-order chi connectivity index (χ0) is 12.3. The molecular weight excluding hydrogens is 247 g/mol. The van der Waals surface area contributed by atoms with Gasteiger partial charge in [-0.2, -0.15) is 24.9 Å². The van der Waals surface area contributed by atoms with Crippen LogP contribution in [0.15, 0.2) is 24.3 Å². The van der Waals surface area contributed by atoms with Gasteiger partial charge in [0.05, 0.1) is 5.56 Å². The van der Waals surface area contributed by atoms with Gasteiger partial charge >= 0.3 is 6.18 Å². The summed E-state index contributed by atoms with van der Waals surface area (Å²) in [5.74, 6) is 2.19. The van der Waals surface area contributed by atoms with Gasteiger partial charge in [0, 0.05) is 18.3 Å². The van der Waals surface area contributed by atoms with E-state index in [9.17, 15) is 13.2 Å². The molecule has 1 aromatic rings. The molecule has 0 amide bonds. The number of nitrogens with one attached hydrogen (secondary N) is 1. The normalized spacial score (nSPS) is 20.8. The summed E-state index contributed by atoms with van der Waals surface area (Å²) in [6.45, 7) is 0.509. The van der Waals surface area contributed by atoms with Crippen molar-refractivity contribution >= 4 is 11.8 Å². The molecule has 1 heterocycles. The van der Waals surface area contributed by atoms with Crippen LogP contribution in [0.4, 0.5) is 13.2 Å². The van der Waals surface area contributed by atoms with Gasteiger partial charge in [0.25, 0.3) is 0 Å². The van der Waals surface area contributed by atoms with Gasteiger partial charge in [-0.3, -0.25) is 0 Å². The average molecular weight is 261 g/mol. The van der Waals surface area contributed by atoms with Crippen LogP contribution in [0.5, 0.6) is 0 Å². The summed E-state index contributed by atoms with van der Waals surface area (Å²) in [6.07, 6.45) is -3.15. The fourth-order valence-corrected chi connectivity index (χ4v) is 3.00. The minimum absolute atomic E-state index is 0.439. The van der Waals surface area contributed by atoms with E-state index in [1.165, 1.54) is 12.1 Å². The Balaban J connectivity index is 1.96. The Bertz CT molecular complexity index is 372. The third-order valence-electron chi connectivity index (χ3n) is 2.78. The summed E-state index contributed by atoms with van der Waals surface area (Å²) < 4.78 is 37.5. The second-order valence-electron chi connectivity index (χ2n) is 4.14. The number of rotatable bonds is 3. The van der Waals surface area contributed by atoms with Crippen molar-refractivity contribution in [2.24, 2.45) is 0 Å². The summed E-state index contributed by atoms with van der Waals surface area (Å²) >= 11 is 1.88. The lowest BCUT2D eigenvalue weighted by molar-refractivity contribution is -0.137. The van der Waals surface area contributed by atoms with E-state index in [1.54, 1.807) is 6.07 Å². The zero-order valence-electron chi connectivity index (χ0n) is 9.26. The standard InChI is InChI=1S/C12H14F3NS/c13-12(14,15)10-3-1-2-9(6-10)7-16-11-4-5-17-8-11/h1-3,6,11,16H,4-5,7-8H2. The molecule has 17 heavy (non-hydrogen) atoms. The molecule has 1 unspecified atom stereocenters. The average Bonchev–Trinajstić information content (AvgIpc) is 2.78. The number of thioether (sulfide) groups is 1. The van der Waals surface area contributed by atoms with Gasteiger partial charge in [0.1, 0.15) is 0 Å². The Labute approximate surface area is 103 Å². The smallest absolute Gasteiger partial charge is 0.309 e. The highest BCUT2D eigenvalue weighted by atomic mass is 32.2. The molecule has 0 bridgehead atoms. The summed E-state index contributed by atoms with van der Waals surface area (Å²) in [6, 6.07) is 5.95. The Kier molecular flexibility index (Phi) is 3.99. The van der Waals surface area contributed by atoms with Crippen LogP contribution < -0.4 is 5.32 Å². The highest BCUT2D eigenvalue weighted by Gasteiger charge is 2.30. The summed E-state index contributed by atoms with van der Waals surface area (Å²) in [4.78, 5) is 0. The van der Waals surface area contributed by atoms with Gasteiger partial charge < -0.3 is 5.32 Å². The molecule has 0 aliphatic carbocycles. The van der Waals surface area contributed by atoms with Crippen molar-refractivity contribution in [3.05, 3.63) is 35.4 Å². The molecule has 1 saturated heterocycles. The predicted molar refractivity (Wildman–Crippen MR) is 64.0 cm³/mol. The van der Waals surface area contributed by atoms with E-state index in [4.69, 9.17) is 0 Å². The van der Waals surface area contributed by atoms with Crippen LogP contribution in [0.2, 0.25) is 0 Å². The van der Waals surface area contributed by atoms with Crippen molar-refractivity contribution in [1.82, 2.24) is 5.32 Å². The zero-order valence-corrected chi connectivity index (χ0v) is 10.1. The quantitative estimate of drug-likeness (QED) is 0.896. The molecule has 2 rings (SSSR count). The second-order valence-corrected chi connectivity index (χ2v) is 5.29. The summed E-state index contributed by atoms with van der Waals surface area (Å²) in [7, 11) is 0. The van der Waals surface area contributed by atoms with Crippen LogP contribution >= 0.6 is 11.8 Å². The van der Waals surface area contributed by atoms with E-state index in [0.29, 0.717) is 18.2 Å². The van der Waals surface area contributed by atoms with Crippen LogP contribution in [0.25, 0.3) is 0 Å². The minimum Gasteiger partial charge on any atom is -0.309 e. The first-order chi connectivity index (χ1) is 8.05. The first kappa shape index (κ1) is 12.8. The lowest BCUT2D eigenvalue weighted by atomic mass is 10.1. The van der Waals surface area contributed by atoms with Crippen LogP contribution in [0, 0.1) is 0 Å². The number of halogens is 3. The third-order valence-corrected chi connectivity index (χ3v) is 3.94. The van der Waals surface area contributed by atoms with Crippen molar-refractivity contribution in [1.29, 1.82) is 0 Å². The summed E-state index contributed by atoms with van der Waals surface area (Å²) in [5, 5.41) is 3.29. The molecule has 1 nitrogen and oxygen atoms in total. The highest BCUT2D eigenvalue weighted by molar-refractivity contribution is 7.99. The molecule has 0 saturated carbocycles. The van der Waals surface area contributed by atoms with Gasteiger partial charge in [0.2, 0.25) is 0 Å². The Morgan fingerprint density at radius 3 is 2.82 bits per heavy atom. The van der Waals surface area contributed by atoms with Crippen LogP contribution in [0.3, 0.4) is 0 Å². The maximum atomic E-state index is 12.5. The molecule has 5 heteroatoms. The molecule has 1 aromatic carbocycles. The molecule has 1 fully saturated rings. The molecule has 0 aromatic heterocycles. The van der Waals surface area contributed by atoms with Gasteiger partial charge in [0.15, 0.2) is 0 Å². The van der Waals surface area contributed by atoms with Crippen molar-refractivity contribution in [3.63, 3.8) is 0 Å². The number of hydrogen-bond acceptors (Lipinski definition) is 2. The van der Waals surface area contributed by atoms with Crippen molar-refractivity contribution in [3.8, 4) is 0 Å². The molecular formula is C12H14F3NS.